The topological polar surface area (TPSA) is 40.1 Å². The molecule has 136 valence electrons. The summed E-state index contributed by atoms with van der Waals surface area (Å²) in [5, 5.41) is 5.56. The molecular weight excluding hydrogens is 435 g/mol. The zero-order chi connectivity index (χ0) is 15.9. The molecule has 0 bridgehead atoms. The summed E-state index contributed by atoms with van der Waals surface area (Å²) in [6.07, 6.45) is 1.23. The van der Waals surface area contributed by atoms with Crippen LogP contribution in [0.3, 0.4) is 0 Å². The summed E-state index contributed by atoms with van der Waals surface area (Å²) in [6.45, 7) is 11.3. The number of halogens is 1. The van der Waals surface area contributed by atoms with Crippen molar-refractivity contribution in [1.82, 2.24) is 15.1 Å². The van der Waals surface area contributed by atoms with Crippen LogP contribution in [0.15, 0.2) is 22.5 Å². The highest BCUT2D eigenvalue weighted by Crippen LogP contribution is 2.15. The Morgan fingerprint density at radius 3 is 2.83 bits per heavy atom. The summed E-state index contributed by atoms with van der Waals surface area (Å²) in [5.74, 6) is 1.80. The van der Waals surface area contributed by atoms with E-state index in [1.54, 1.807) is 11.3 Å². The SMILES string of the molecule is CCNC(=NCc1cccs1)N1CCN(CC2CCOC2)CC1.I. The molecule has 1 aromatic rings. The van der Waals surface area contributed by atoms with Crippen molar-refractivity contribution in [2.75, 3.05) is 52.5 Å². The Bertz CT molecular complexity index is 483. The second-order valence-electron chi connectivity index (χ2n) is 6.27. The van der Waals surface area contributed by atoms with Crippen LogP contribution in [-0.2, 0) is 11.3 Å². The lowest BCUT2D eigenvalue weighted by atomic mass is 10.1. The second kappa shape index (κ2) is 10.6. The number of piperazine rings is 1. The van der Waals surface area contributed by atoms with Gasteiger partial charge in [0.2, 0.25) is 0 Å². The van der Waals surface area contributed by atoms with Gasteiger partial charge in [-0.2, -0.15) is 0 Å². The summed E-state index contributed by atoms with van der Waals surface area (Å²) >= 11 is 1.77. The number of ether oxygens (including phenoxy) is 1. The maximum atomic E-state index is 5.49. The third-order valence-electron chi connectivity index (χ3n) is 4.51. The number of guanidine groups is 1. The molecular formula is C17H29IN4OS. The molecule has 2 aliphatic heterocycles. The van der Waals surface area contributed by atoms with Gasteiger partial charge in [-0.1, -0.05) is 6.07 Å². The zero-order valence-electron chi connectivity index (χ0n) is 14.4. The zero-order valence-corrected chi connectivity index (χ0v) is 17.6. The summed E-state index contributed by atoms with van der Waals surface area (Å²) in [4.78, 5) is 11.1. The Balaban J connectivity index is 0.00000208. The Morgan fingerprint density at radius 2 is 2.21 bits per heavy atom. The molecule has 24 heavy (non-hydrogen) atoms. The van der Waals surface area contributed by atoms with Crippen molar-refractivity contribution in [2.24, 2.45) is 10.9 Å². The van der Waals surface area contributed by atoms with Gasteiger partial charge in [0.05, 0.1) is 13.2 Å². The van der Waals surface area contributed by atoms with Crippen LogP contribution in [0.1, 0.15) is 18.2 Å². The highest BCUT2D eigenvalue weighted by molar-refractivity contribution is 14.0. The van der Waals surface area contributed by atoms with E-state index in [1.165, 1.54) is 17.8 Å². The van der Waals surface area contributed by atoms with Crippen LogP contribution in [0, 0.1) is 5.92 Å². The number of nitrogens with one attached hydrogen (secondary N) is 1. The van der Waals surface area contributed by atoms with Gasteiger partial charge in [0.1, 0.15) is 0 Å². The van der Waals surface area contributed by atoms with E-state index in [-0.39, 0.29) is 24.0 Å². The van der Waals surface area contributed by atoms with Crippen LogP contribution >= 0.6 is 35.3 Å². The van der Waals surface area contributed by atoms with Crippen molar-refractivity contribution < 1.29 is 4.74 Å². The first-order chi connectivity index (χ1) is 11.3. The van der Waals surface area contributed by atoms with E-state index in [4.69, 9.17) is 9.73 Å². The molecule has 5 nitrogen and oxygen atoms in total. The molecule has 2 saturated heterocycles. The first-order valence-corrected chi connectivity index (χ1v) is 9.59. The molecule has 2 aliphatic rings. The van der Waals surface area contributed by atoms with Crippen LogP contribution in [0.5, 0.6) is 0 Å². The van der Waals surface area contributed by atoms with E-state index in [0.29, 0.717) is 0 Å². The normalized spacial score (nSPS) is 22.5. The summed E-state index contributed by atoms with van der Waals surface area (Å²) in [6, 6.07) is 4.24. The molecule has 0 aromatic carbocycles. The highest BCUT2D eigenvalue weighted by Gasteiger charge is 2.23. The van der Waals surface area contributed by atoms with Gasteiger partial charge in [-0.3, -0.25) is 4.90 Å². The van der Waals surface area contributed by atoms with Crippen molar-refractivity contribution in [3.05, 3.63) is 22.4 Å². The third-order valence-corrected chi connectivity index (χ3v) is 5.37. The van der Waals surface area contributed by atoms with Crippen LogP contribution in [0.2, 0.25) is 0 Å². The van der Waals surface area contributed by atoms with Gasteiger partial charge in [-0.15, -0.1) is 35.3 Å². The van der Waals surface area contributed by atoms with Crippen molar-refractivity contribution in [1.29, 1.82) is 0 Å². The van der Waals surface area contributed by atoms with Crippen molar-refractivity contribution in [3.63, 3.8) is 0 Å². The lowest BCUT2D eigenvalue weighted by Gasteiger charge is -2.37. The van der Waals surface area contributed by atoms with E-state index in [9.17, 15) is 0 Å². The van der Waals surface area contributed by atoms with Gasteiger partial charge in [0.15, 0.2) is 5.96 Å². The predicted octanol–water partition coefficient (Wildman–Crippen LogP) is 2.49. The van der Waals surface area contributed by atoms with Gasteiger partial charge in [-0.05, 0) is 30.7 Å². The lowest BCUT2D eigenvalue weighted by Crippen LogP contribution is -2.53. The number of rotatable bonds is 5. The largest absolute Gasteiger partial charge is 0.381 e. The van der Waals surface area contributed by atoms with E-state index in [0.717, 1.165) is 64.4 Å². The number of thiophene rings is 1. The minimum absolute atomic E-state index is 0. The molecule has 0 spiro atoms. The molecule has 2 fully saturated rings. The molecule has 7 heteroatoms. The average Bonchev–Trinajstić information content (AvgIpc) is 3.26. The summed E-state index contributed by atoms with van der Waals surface area (Å²) < 4.78 is 5.49. The van der Waals surface area contributed by atoms with Crippen LogP contribution < -0.4 is 5.32 Å². The predicted molar refractivity (Wildman–Crippen MR) is 111 cm³/mol. The Morgan fingerprint density at radius 1 is 1.38 bits per heavy atom. The van der Waals surface area contributed by atoms with E-state index >= 15 is 0 Å². The monoisotopic (exact) mass is 464 g/mol. The maximum absolute atomic E-state index is 5.49. The third kappa shape index (κ3) is 5.86. The molecule has 0 amide bonds. The van der Waals surface area contributed by atoms with Crippen molar-refractivity contribution >= 4 is 41.3 Å². The molecule has 1 N–H and O–H groups in total. The maximum Gasteiger partial charge on any atom is 0.194 e. The molecule has 1 unspecified atom stereocenters. The lowest BCUT2D eigenvalue weighted by molar-refractivity contribution is 0.139. The standard InChI is InChI=1S/C17H28N4OS.HI/c1-2-18-17(19-12-16-4-3-11-23-16)21-8-6-20(7-9-21)13-15-5-10-22-14-15;/h3-4,11,15H,2,5-10,12-14H2,1H3,(H,18,19);1H. The highest BCUT2D eigenvalue weighted by atomic mass is 127. The number of nitrogens with zero attached hydrogens (tertiary/aromatic N) is 3. The Labute approximate surface area is 166 Å². The fourth-order valence-corrected chi connectivity index (χ4v) is 3.84. The molecule has 0 aliphatic carbocycles. The minimum Gasteiger partial charge on any atom is -0.381 e. The van der Waals surface area contributed by atoms with E-state index in [2.05, 4.69) is 39.6 Å². The molecule has 3 heterocycles. The first kappa shape index (κ1) is 19.9. The molecule has 0 saturated carbocycles. The number of aliphatic imine (C=N–C) groups is 1. The number of hydrogen-bond acceptors (Lipinski definition) is 4. The molecule has 1 aromatic heterocycles. The quantitative estimate of drug-likeness (QED) is 0.413. The number of hydrogen-bond donors (Lipinski definition) is 1. The average molecular weight is 464 g/mol. The fourth-order valence-electron chi connectivity index (χ4n) is 3.22. The Kier molecular flexibility index (Phi) is 8.79. The molecule has 3 rings (SSSR count). The summed E-state index contributed by atoms with van der Waals surface area (Å²) in [7, 11) is 0. The van der Waals surface area contributed by atoms with E-state index in [1.807, 2.05) is 0 Å². The molecule has 0 radical (unpaired) electrons. The first-order valence-electron chi connectivity index (χ1n) is 8.71. The minimum atomic E-state index is 0. The fraction of sp³-hybridized carbons (Fsp3) is 0.706. The molecule has 1 atom stereocenters. The van der Waals surface area contributed by atoms with Gasteiger partial charge in [-0.25, -0.2) is 4.99 Å². The Hall–Kier alpha value is -0.380. The van der Waals surface area contributed by atoms with E-state index < -0.39 is 0 Å². The smallest absolute Gasteiger partial charge is 0.194 e. The van der Waals surface area contributed by atoms with Gasteiger partial charge < -0.3 is 15.0 Å². The second-order valence-corrected chi connectivity index (χ2v) is 7.30. The van der Waals surface area contributed by atoms with Gasteiger partial charge in [0, 0.05) is 50.8 Å². The van der Waals surface area contributed by atoms with Crippen molar-refractivity contribution in [2.45, 2.75) is 19.9 Å². The van der Waals surface area contributed by atoms with Crippen LogP contribution in [0.25, 0.3) is 0 Å². The van der Waals surface area contributed by atoms with Gasteiger partial charge in [0.25, 0.3) is 0 Å². The van der Waals surface area contributed by atoms with Crippen LogP contribution in [-0.4, -0.2) is 68.2 Å². The summed E-state index contributed by atoms with van der Waals surface area (Å²) in [5.41, 5.74) is 0. The van der Waals surface area contributed by atoms with Crippen molar-refractivity contribution in [3.8, 4) is 0 Å². The van der Waals surface area contributed by atoms with Gasteiger partial charge >= 0.3 is 0 Å². The van der Waals surface area contributed by atoms with Crippen LogP contribution in [0.4, 0.5) is 0 Å².